The van der Waals surface area contributed by atoms with Crippen molar-refractivity contribution in [2.75, 3.05) is 0 Å². The van der Waals surface area contributed by atoms with Gasteiger partial charge in [-0.25, -0.2) is 0 Å². The Morgan fingerprint density at radius 3 is 2.38 bits per heavy atom. The van der Waals surface area contributed by atoms with Crippen LogP contribution in [-0.4, -0.2) is 23.3 Å². The molecule has 2 aliphatic carbocycles. The highest BCUT2D eigenvalue weighted by Crippen LogP contribution is 2.45. The second kappa shape index (κ2) is 6.45. The van der Waals surface area contributed by atoms with Gasteiger partial charge in [-0.15, -0.1) is 0 Å². The van der Waals surface area contributed by atoms with E-state index < -0.39 is 0 Å². The van der Waals surface area contributed by atoms with Gasteiger partial charge in [-0.3, -0.25) is 0 Å². The first-order valence-electron chi connectivity index (χ1n) is 10.2. The predicted octanol–water partition coefficient (Wildman–Crippen LogP) is 4.40. The van der Waals surface area contributed by atoms with Gasteiger partial charge in [-0.2, -0.15) is 0 Å². The van der Waals surface area contributed by atoms with Crippen LogP contribution in [0, 0.1) is 0 Å². The van der Waals surface area contributed by atoms with Crippen LogP contribution in [0.3, 0.4) is 0 Å². The molecule has 2 bridgehead atoms. The van der Waals surface area contributed by atoms with E-state index in [1.165, 1.54) is 81.9 Å². The van der Waals surface area contributed by atoms with Crippen molar-refractivity contribution in [2.45, 2.75) is 107 Å². The number of nitrogens with zero attached hydrogens (tertiary/aromatic N) is 1. The minimum absolute atomic E-state index is 0.421. The molecule has 4 aliphatic rings. The fraction of sp³-hybridized carbons (Fsp3) is 0.850. The lowest BCUT2D eigenvalue weighted by molar-refractivity contribution is 0.00816. The third-order valence-corrected chi connectivity index (χ3v) is 6.68. The van der Waals surface area contributed by atoms with Crippen molar-refractivity contribution in [3.05, 3.63) is 17.0 Å². The number of hydrogen-bond donors (Lipinski definition) is 1. The first-order chi connectivity index (χ1) is 11.9. The Bertz CT molecular complexity index is 562. The van der Waals surface area contributed by atoms with Gasteiger partial charge < -0.3 is 14.6 Å². The van der Waals surface area contributed by atoms with E-state index >= 15 is 0 Å². The van der Waals surface area contributed by atoms with E-state index in [2.05, 4.69) is 10.5 Å². The Kier molecular flexibility index (Phi) is 4.14. The average Bonchev–Trinajstić information content (AvgIpc) is 3.29. The summed E-state index contributed by atoms with van der Waals surface area (Å²) in [7, 11) is 0. The van der Waals surface area contributed by atoms with Gasteiger partial charge >= 0.3 is 0 Å². The SMILES string of the molecule is C1CCC(c2noc(C3CC3)c2COC2CC3CC[C@@H](C2)N3)CC1. The summed E-state index contributed by atoms with van der Waals surface area (Å²) >= 11 is 0. The third kappa shape index (κ3) is 3.03. The topological polar surface area (TPSA) is 47.3 Å². The largest absolute Gasteiger partial charge is 0.373 e. The van der Waals surface area contributed by atoms with Crippen LogP contribution < -0.4 is 5.32 Å². The van der Waals surface area contributed by atoms with Gasteiger partial charge in [-0.1, -0.05) is 24.4 Å². The number of hydrogen-bond acceptors (Lipinski definition) is 4. The summed E-state index contributed by atoms with van der Waals surface area (Å²) in [5.41, 5.74) is 2.57. The number of aromatic nitrogens is 1. The summed E-state index contributed by atoms with van der Waals surface area (Å²) in [5, 5.41) is 8.24. The van der Waals surface area contributed by atoms with E-state index in [0.29, 0.717) is 30.0 Å². The van der Waals surface area contributed by atoms with E-state index in [1.54, 1.807) is 0 Å². The minimum Gasteiger partial charge on any atom is -0.373 e. The van der Waals surface area contributed by atoms with E-state index in [1.807, 2.05) is 0 Å². The molecule has 4 fully saturated rings. The summed E-state index contributed by atoms with van der Waals surface area (Å²) in [6, 6.07) is 1.38. The molecule has 0 radical (unpaired) electrons. The second-order valence-corrected chi connectivity index (χ2v) is 8.56. The number of ether oxygens (including phenoxy) is 1. The molecule has 2 saturated heterocycles. The molecule has 3 heterocycles. The maximum atomic E-state index is 6.42. The first-order valence-corrected chi connectivity index (χ1v) is 10.2. The Hall–Kier alpha value is -0.870. The van der Waals surface area contributed by atoms with Crippen LogP contribution >= 0.6 is 0 Å². The Morgan fingerprint density at radius 1 is 0.917 bits per heavy atom. The number of fused-ring (bicyclic) bond motifs is 2. The van der Waals surface area contributed by atoms with Crippen molar-refractivity contribution in [3.63, 3.8) is 0 Å². The van der Waals surface area contributed by atoms with Crippen LogP contribution in [0.4, 0.5) is 0 Å². The molecule has 4 nitrogen and oxygen atoms in total. The van der Waals surface area contributed by atoms with Gasteiger partial charge in [-0.05, 0) is 51.4 Å². The molecule has 0 aromatic carbocycles. The molecule has 0 amide bonds. The summed E-state index contributed by atoms with van der Waals surface area (Å²) in [4.78, 5) is 0. The second-order valence-electron chi connectivity index (χ2n) is 8.56. The summed E-state index contributed by atoms with van der Waals surface area (Å²) in [6.07, 6.45) is 14.6. The van der Waals surface area contributed by atoms with Crippen LogP contribution in [0.1, 0.15) is 99.5 Å². The van der Waals surface area contributed by atoms with Gasteiger partial charge in [0.1, 0.15) is 5.76 Å². The molecular formula is C20H30N2O2. The van der Waals surface area contributed by atoms with Crippen LogP contribution in [0.5, 0.6) is 0 Å². The van der Waals surface area contributed by atoms with E-state index in [-0.39, 0.29) is 0 Å². The van der Waals surface area contributed by atoms with Gasteiger partial charge in [0.2, 0.25) is 0 Å². The van der Waals surface area contributed by atoms with E-state index in [0.717, 1.165) is 12.4 Å². The highest BCUT2D eigenvalue weighted by molar-refractivity contribution is 5.30. The van der Waals surface area contributed by atoms with E-state index in [4.69, 9.17) is 9.26 Å². The van der Waals surface area contributed by atoms with Crippen molar-refractivity contribution in [2.24, 2.45) is 0 Å². The van der Waals surface area contributed by atoms with Crippen molar-refractivity contribution >= 4 is 0 Å². The number of nitrogens with one attached hydrogen (secondary N) is 1. The Morgan fingerprint density at radius 2 is 1.67 bits per heavy atom. The van der Waals surface area contributed by atoms with Crippen molar-refractivity contribution in [1.82, 2.24) is 10.5 Å². The van der Waals surface area contributed by atoms with Gasteiger partial charge in [0.15, 0.2) is 0 Å². The molecule has 2 saturated carbocycles. The lowest BCUT2D eigenvalue weighted by Gasteiger charge is -2.29. The van der Waals surface area contributed by atoms with Crippen molar-refractivity contribution < 1.29 is 9.26 Å². The zero-order chi connectivity index (χ0) is 15.9. The zero-order valence-corrected chi connectivity index (χ0v) is 14.6. The van der Waals surface area contributed by atoms with Crippen molar-refractivity contribution in [1.29, 1.82) is 0 Å². The minimum atomic E-state index is 0.421. The molecule has 132 valence electrons. The Balaban J connectivity index is 1.31. The summed E-state index contributed by atoms with van der Waals surface area (Å²) < 4.78 is 12.2. The molecule has 5 rings (SSSR count). The van der Waals surface area contributed by atoms with Crippen LogP contribution in [0.25, 0.3) is 0 Å². The molecule has 2 aliphatic heterocycles. The molecule has 0 spiro atoms. The van der Waals surface area contributed by atoms with Gasteiger partial charge in [0.05, 0.1) is 18.4 Å². The van der Waals surface area contributed by atoms with Gasteiger partial charge in [0.25, 0.3) is 0 Å². The molecule has 4 heteroatoms. The molecule has 2 unspecified atom stereocenters. The molecule has 3 atom stereocenters. The van der Waals surface area contributed by atoms with Crippen LogP contribution in [-0.2, 0) is 11.3 Å². The molecular weight excluding hydrogens is 300 g/mol. The number of rotatable bonds is 5. The third-order valence-electron chi connectivity index (χ3n) is 6.68. The van der Waals surface area contributed by atoms with E-state index in [9.17, 15) is 0 Å². The standard InChI is InChI=1S/C20H30N2O2/c1-2-4-13(5-3-1)19-18(20(24-22-19)14-6-7-14)12-23-17-10-15-8-9-16(11-17)21-15/h13-17,21H,1-12H2/t15-,16?,17?/m0/s1. The summed E-state index contributed by atoms with van der Waals surface area (Å²) in [5.74, 6) is 2.39. The molecule has 1 N–H and O–H groups in total. The predicted molar refractivity (Wildman–Crippen MR) is 92.1 cm³/mol. The highest BCUT2D eigenvalue weighted by Gasteiger charge is 2.37. The van der Waals surface area contributed by atoms with Crippen LogP contribution in [0.15, 0.2) is 4.52 Å². The Labute approximate surface area is 144 Å². The maximum Gasteiger partial charge on any atom is 0.145 e. The fourth-order valence-corrected chi connectivity index (χ4v) is 5.19. The highest BCUT2D eigenvalue weighted by atomic mass is 16.5. The average molecular weight is 330 g/mol. The van der Waals surface area contributed by atoms with Crippen molar-refractivity contribution in [3.8, 4) is 0 Å². The molecule has 1 aromatic rings. The normalized spacial score (nSPS) is 33.9. The zero-order valence-electron chi connectivity index (χ0n) is 14.6. The lowest BCUT2D eigenvalue weighted by Crippen LogP contribution is -2.41. The summed E-state index contributed by atoms with van der Waals surface area (Å²) in [6.45, 7) is 0.727. The maximum absolute atomic E-state index is 6.42. The first kappa shape index (κ1) is 15.4. The number of piperidine rings is 1. The van der Waals surface area contributed by atoms with Gasteiger partial charge in [0, 0.05) is 29.5 Å². The monoisotopic (exact) mass is 330 g/mol. The molecule has 24 heavy (non-hydrogen) atoms. The lowest BCUT2D eigenvalue weighted by atomic mass is 9.85. The smallest absolute Gasteiger partial charge is 0.145 e. The van der Waals surface area contributed by atoms with Crippen LogP contribution in [0.2, 0.25) is 0 Å². The molecule has 1 aromatic heterocycles. The fourth-order valence-electron chi connectivity index (χ4n) is 5.19. The quantitative estimate of drug-likeness (QED) is 0.869.